The summed E-state index contributed by atoms with van der Waals surface area (Å²) in [7, 11) is 0. The Morgan fingerprint density at radius 2 is 1.62 bits per heavy atom. The van der Waals surface area contributed by atoms with Gasteiger partial charge in [-0.1, -0.05) is 59.6 Å². The van der Waals surface area contributed by atoms with Crippen molar-refractivity contribution >= 4 is 0 Å². The molecule has 1 aliphatic heterocycles. The van der Waals surface area contributed by atoms with Gasteiger partial charge in [0.2, 0.25) is 0 Å². The largest absolute Gasteiger partial charge is 0.380 e. The first-order chi connectivity index (χ1) is 9.55. The molecule has 120 valence electrons. The lowest BCUT2D eigenvalue weighted by atomic mass is 9.59. The number of rotatable bonds is 0. The number of ether oxygens (including phenoxy) is 1. The van der Waals surface area contributed by atoms with E-state index in [1.807, 2.05) is 11.1 Å². The minimum absolute atomic E-state index is 0.210. The lowest BCUT2D eigenvalue weighted by Gasteiger charge is -2.46. The van der Waals surface area contributed by atoms with Crippen LogP contribution in [-0.2, 0) is 4.74 Å². The van der Waals surface area contributed by atoms with Gasteiger partial charge in [0.15, 0.2) is 0 Å². The van der Waals surface area contributed by atoms with Gasteiger partial charge in [-0.05, 0) is 53.3 Å². The SMILES string of the molecule is CC1CC2CC1C1=C2C(C)(C)C(C)(C)COCC(C)(C)C1. The van der Waals surface area contributed by atoms with Crippen molar-refractivity contribution in [2.45, 2.75) is 67.7 Å². The second-order valence-corrected chi connectivity index (χ2v) is 10.0. The highest BCUT2D eigenvalue weighted by Crippen LogP contribution is 2.62. The van der Waals surface area contributed by atoms with Crippen molar-refractivity contribution in [3.05, 3.63) is 11.1 Å². The molecule has 0 aromatic carbocycles. The summed E-state index contributed by atoms with van der Waals surface area (Å²) >= 11 is 0. The van der Waals surface area contributed by atoms with Crippen LogP contribution < -0.4 is 0 Å². The highest BCUT2D eigenvalue weighted by Gasteiger charge is 2.53. The first kappa shape index (κ1) is 15.6. The van der Waals surface area contributed by atoms with E-state index >= 15 is 0 Å². The molecule has 2 aliphatic carbocycles. The van der Waals surface area contributed by atoms with Gasteiger partial charge in [-0.2, -0.15) is 0 Å². The van der Waals surface area contributed by atoms with Crippen LogP contribution in [0.4, 0.5) is 0 Å². The second kappa shape index (κ2) is 4.60. The van der Waals surface area contributed by atoms with E-state index < -0.39 is 0 Å². The Labute approximate surface area is 131 Å². The fourth-order valence-electron chi connectivity index (χ4n) is 5.26. The molecule has 0 aromatic rings. The number of hydrogen-bond acceptors (Lipinski definition) is 1. The summed E-state index contributed by atoms with van der Waals surface area (Å²) in [5.41, 5.74) is 4.40. The number of hydrogen-bond donors (Lipinski definition) is 0. The maximum absolute atomic E-state index is 6.18. The summed E-state index contributed by atoms with van der Waals surface area (Å²) in [6, 6.07) is 0. The van der Waals surface area contributed by atoms with E-state index in [-0.39, 0.29) is 16.2 Å². The minimum Gasteiger partial charge on any atom is -0.380 e. The quantitative estimate of drug-likeness (QED) is 0.538. The van der Waals surface area contributed by atoms with E-state index in [2.05, 4.69) is 48.5 Å². The molecule has 1 heteroatoms. The maximum Gasteiger partial charge on any atom is 0.0525 e. The van der Waals surface area contributed by atoms with Crippen molar-refractivity contribution in [2.75, 3.05) is 13.2 Å². The predicted molar refractivity (Wildman–Crippen MR) is 89.2 cm³/mol. The van der Waals surface area contributed by atoms with Crippen LogP contribution in [-0.4, -0.2) is 13.2 Å². The molecule has 1 saturated carbocycles. The molecule has 3 unspecified atom stereocenters. The molecule has 2 bridgehead atoms. The van der Waals surface area contributed by atoms with Crippen LogP contribution in [0.1, 0.15) is 67.7 Å². The third-order valence-electron chi connectivity index (χ3n) is 7.07. The van der Waals surface area contributed by atoms with E-state index in [0.717, 1.165) is 31.0 Å². The van der Waals surface area contributed by atoms with Crippen molar-refractivity contribution in [2.24, 2.45) is 34.0 Å². The van der Waals surface area contributed by atoms with Crippen LogP contribution in [0.15, 0.2) is 11.1 Å². The Hall–Kier alpha value is -0.300. The van der Waals surface area contributed by atoms with Crippen LogP contribution in [0.5, 0.6) is 0 Å². The topological polar surface area (TPSA) is 9.23 Å². The molecule has 21 heavy (non-hydrogen) atoms. The molecule has 0 N–H and O–H groups in total. The zero-order valence-corrected chi connectivity index (χ0v) is 15.2. The third-order valence-corrected chi connectivity index (χ3v) is 7.07. The van der Waals surface area contributed by atoms with Crippen LogP contribution >= 0.6 is 0 Å². The Kier molecular flexibility index (Phi) is 3.41. The molecule has 0 amide bonds. The van der Waals surface area contributed by atoms with Gasteiger partial charge < -0.3 is 4.74 Å². The van der Waals surface area contributed by atoms with E-state index in [1.54, 1.807) is 0 Å². The lowest BCUT2D eigenvalue weighted by molar-refractivity contribution is -0.0199. The predicted octanol–water partition coefficient (Wildman–Crippen LogP) is 5.46. The molecule has 1 heterocycles. The van der Waals surface area contributed by atoms with Gasteiger partial charge in [0, 0.05) is 0 Å². The third kappa shape index (κ3) is 2.31. The van der Waals surface area contributed by atoms with Gasteiger partial charge in [-0.3, -0.25) is 0 Å². The summed E-state index contributed by atoms with van der Waals surface area (Å²) in [6.45, 7) is 18.8. The molecule has 3 rings (SSSR count). The molecule has 1 fully saturated rings. The van der Waals surface area contributed by atoms with Crippen LogP contribution in [0.3, 0.4) is 0 Å². The van der Waals surface area contributed by atoms with Gasteiger partial charge in [-0.25, -0.2) is 0 Å². The van der Waals surface area contributed by atoms with Gasteiger partial charge in [0.1, 0.15) is 0 Å². The maximum atomic E-state index is 6.18. The van der Waals surface area contributed by atoms with E-state index in [9.17, 15) is 0 Å². The fraction of sp³-hybridized carbons (Fsp3) is 0.900. The number of allylic oxidation sites excluding steroid dienone is 2. The monoisotopic (exact) mass is 290 g/mol. The smallest absolute Gasteiger partial charge is 0.0525 e. The Morgan fingerprint density at radius 1 is 0.952 bits per heavy atom. The molecule has 0 aromatic heterocycles. The summed E-state index contributed by atoms with van der Waals surface area (Å²) < 4.78 is 6.18. The van der Waals surface area contributed by atoms with Crippen molar-refractivity contribution in [1.82, 2.24) is 0 Å². The Bertz CT molecular complexity index is 466. The summed E-state index contributed by atoms with van der Waals surface area (Å²) in [6.07, 6.45) is 4.10. The zero-order chi connectivity index (χ0) is 15.6. The van der Waals surface area contributed by atoms with Crippen molar-refractivity contribution in [3.8, 4) is 0 Å². The normalized spacial score (nSPS) is 40.4. The highest BCUT2D eigenvalue weighted by atomic mass is 16.5. The molecular formula is C20H34O. The van der Waals surface area contributed by atoms with Crippen molar-refractivity contribution in [1.29, 1.82) is 0 Å². The minimum atomic E-state index is 0.210. The van der Waals surface area contributed by atoms with Crippen LogP contribution in [0.25, 0.3) is 0 Å². The van der Waals surface area contributed by atoms with Crippen LogP contribution in [0.2, 0.25) is 0 Å². The van der Waals surface area contributed by atoms with E-state index in [4.69, 9.17) is 4.74 Å². The van der Waals surface area contributed by atoms with Gasteiger partial charge in [0.25, 0.3) is 0 Å². The standard InChI is InChI=1S/C20H34O/c1-13-8-14-9-15(13)16-10-18(2,3)11-21-12-19(4,5)20(6,7)17(14)16/h13-15H,8-12H2,1-7H3. The average molecular weight is 290 g/mol. The summed E-state index contributed by atoms with van der Waals surface area (Å²) in [4.78, 5) is 0. The van der Waals surface area contributed by atoms with Gasteiger partial charge in [-0.15, -0.1) is 0 Å². The summed E-state index contributed by atoms with van der Waals surface area (Å²) in [5, 5.41) is 0. The first-order valence-corrected chi connectivity index (χ1v) is 8.86. The Balaban J connectivity index is 2.11. The van der Waals surface area contributed by atoms with Crippen LogP contribution in [0, 0.1) is 34.0 Å². The van der Waals surface area contributed by atoms with E-state index in [1.165, 1.54) is 19.3 Å². The lowest BCUT2D eigenvalue weighted by Crippen LogP contribution is -2.40. The first-order valence-electron chi connectivity index (χ1n) is 8.86. The molecule has 0 spiro atoms. The molecule has 0 radical (unpaired) electrons. The molecular weight excluding hydrogens is 256 g/mol. The van der Waals surface area contributed by atoms with Crippen molar-refractivity contribution in [3.63, 3.8) is 0 Å². The Morgan fingerprint density at radius 3 is 2.29 bits per heavy atom. The molecule has 1 nitrogen and oxygen atoms in total. The zero-order valence-electron chi connectivity index (χ0n) is 15.2. The van der Waals surface area contributed by atoms with Gasteiger partial charge in [0.05, 0.1) is 13.2 Å². The fourth-order valence-corrected chi connectivity index (χ4v) is 5.26. The highest BCUT2D eigenvalue weighted by molar-refractivity contribution is 5.37. The van der Waals surface area contributed by atoms with E-state index in [0.29, 0.717) is 0 Å². The number of fused-ring (bicyclic) bond motifs is 4. The second-order valence-electron chi connectivity index (χ2n) is 10.0. The van der Waals surface area contributed by atoms with Crippen molar-refractivity contribution < 1.29 is 4.74 Å². The molecule has 3 atom stereocenters. The van der Waals surface area contributed by atoms with Gasteiger partial charge >= 0.3 is 0 Å². The summed E-state index contributed by atoms with van der Waals surface area (Å²) in [5.74, 6) is 2.60. The molecule has 3 aliphatic rings. The molecule has 0 saturated heterocycles. The average Bonchev–Trinajstić information content (AvgIpc) is 2.83.